The zero-order valence-electron chi connectivity index (χ0n) is 8.07. The van der Waals surface area contributed by atoms with Gasteiger partial charge >= 0.3 is 5.82 Å². The molecule has 0 amide bonds. The van der Waals surface area contributed by atoms with Gasteiger partial charge in [-0.2, -0.15) is 0 Å². The van der Waals surface area contributed by atoms with Gasteiger partial charge in [-0.15, -0.1) is 0 Å². The topological polar surface area (TPSA) is 55.2 Å². The van der Waals surface area contributed by atoms with E-state index in [4.69, 9.17) is 0 Å². The van der Waals surface area contributed by atoms with Gasteiger partial charge in [0.05, 0.1) is 6.54 Å². The van der Waals surface area contributed by atoms with E-state index in [0.29, 0.717) is 13.0 Å². The lowest BCUT2D eigenvalue weighted by Crippen LogP contribution is -2.21. The summed E-state index contributed by atoms with van der Waals surface area (Å²) in [4.78, 5) is 9.60. The van der Waals surface area contributed by atoms with E-state index in [1.54, 1.807) is 12.1 Å². The third-order valence-electron chi connectivity index (χ3n) is 1.88. The molecular weight excluding hydrogens is 199 g/mol. The van der Waals surface area contributed by atoms with Gasteiger partial charge in [-0.05, 0) is 29.2 Å². The molecule has 0 heterocycles. The Morgan fingerprint density at radius 3 is 2.60 bits per heavy atom. The zero-order valence-corrected chi connectivity index (χ0v) is 8.07. The highest BCUT2D eigenvalue weighted by atomic mass is 19.1. The normalized spacial score (nSPS) is 9.67. The quantitative estimate of drug-likeness (QED) is 0.594. The van der Waals surface area contributed by atoms with Crippen molar-refractivity contribution in [2.45, 2.75) is 6.42 Å². The third-order valence-corrected chi connectivity index (χ3v) is 1.88. The average molecular weight is 210 g/mol. The fraction of sp³-hybridized carbons (Fsp3) is 0.200. The van der Waals surface area contributed by atoms with Crippen LogP contribution < -0.4 is 5.32 Å². The predicted octanol–water partition coefficient (Wildman–Crippen LogP) is 1.71. The first-order valence-corrected chi connectivity index (χ1v) is 4.41. The maximum Gasteiger partial charge on any atom is 0.308 e. The number of rotatable bonds is 5. The van der Waals surface area contributed by atoms with Crippen LogP contribution in [0.15, 0.2) is 36.7 Å². The Morgan fingerprint density at radius 2 is 2.07 bits per heavy atom. The Balaban J connectivity index is 2.35. The standard InChI is InChI=1S/C10H11FN2O2/c1-8(13(14)15)12-7-6-9-2-4-10(11)5-3-9/h2-5,12H,1,6-7H2. The second kappa shape index (κ2) is 5.09. The van der Waals surface area contributed by atoms with Crippen molar-refractivity contribution in [3.8, 4) is 0 Å². The summed E-state index contributed by atoms with van der Waals surface area (Å²) in [5.41, 5.74) is 0.917. The van der Waals surface area contributed by atoms with Crippen molar-refractivity contribution < 1.29 is 9.31 Å². The average Bonchev–Trinajstić information content (AvgIpc) is 2.20. The lowest BCUT2D eigenvalue weighted by atomic mass is 10.1. The zero-order chi connectivity index (χ0) is 11.3. The maximum absolute atomic E-state index is 12.5. The molecule has 0 fully saturated rings. The Kier molecular flexibility index (Phi) is 3.79. The first-order chi connectivity index (χ1) is 7.09. The highest BCUT2D eigenvalue weighted by Crippen LogP contribution is 2.02. The fourth-order valence-electron chi connectivity index (χ4n) is 1.07. The summed E-state index contributed by atoms with van der Waals surface area (Å²) in [7, 11) is 0. The second-order valence-electron chi connectivity index (χ2n) is 3.01. The number of nitrogens with one attached hydrogen (secondary N) is 1. The van der Waals surface area contributed by atoms with Gasteiger partial charge in [0.25, 0.3) is 0 Å². The summed E-state index contributed by atoms with van der Waals surface area (Å²) in [5, 5.41) is 12.7. The number of hydrogen-bond donors (Lipinski definition) is 1. The van der Waals surface area contributed by atoms with Crippen molar-refractivity contribution in [2.24, 2.45) is 0 Å². The van der Waals surface area contributed by atoms with E-state index >= 15 is 0 Å². The van der Waals surface area contributed by atoms with Crippen LogP contribution in [-0.4, -0.2) is 11.5 Å². The number of halogens is 1. The first kappa shape index (κ1) is 11.2. The molecule has 0 radical (unpaired) electrons. The van der Waals surface area contributed by atoms with Crippen molar-refractivity contribution in [3.63, 3.8) is 0 Å². The number of benzene rings is 1. The van der Waals surface area contributed by atoms with E-state index in [1.165, 1.54) is 12.1 Å². The lowest BCUT2D eigenvalue weighted by molar-refractivity contribution is -0.431. The van der Waals surface area contributed by atoms with Crippen LogP contribution in [0.25, 0.3) is 0 Å². The molecule has 0 bridgehead atoms. The molecule has 1 aromatic rings. The monoisotopic (exact) mass is 210 g/mol. The largest absolute Gasteiger partial charge is 0.358 e. The number of hydrogen-bond acceptors (Lipinski definition) is 3. The van der Waals surface area contributed by atoms with Gasteiger partial charge in [0, 0.05) is 6.42 Å². The summed E-state index contributed by atoms with van der Waals surface area (Å²) in [6, 6.07) is 6.01. The molecule has 1 aromatic carbocycles. The molecule has 5 heteroatoms. The van der Waals surface area contributed by atoms with Crippen LogP contribution in [0.3, 0.4) is 0 Å². The summed E-state index contributed by atoms with van der Waals surface area (Å²) in [6.07, 6.45) is 0.590. The summed E-state index contributed by atoms with van der Waals surface area (Å²) in [5.74, 6) is -0.515. The molecule has 1 N–H and O–H groups in total. The molecule has 1 rings (SSSR count). The molecule has 80 valence electrons. The van der Waals surface area contributed by atoms with E-state index in [1.807, 2.05) is 0 Å². The Hall–Kier alpha value is -1.91. The van der Waals surface area contributed by atoms with Crippen molar-refractivity contribution >= 4 is 0 Å². The van der Waals surface area contributed by atoms with Gasteiger partial charge < -0.3 is 10.1 Å². The van der Waals surface area contributed by atoms with E-state index < -0.39 is 4.92 Å². The van der Waals surface area contributed by atoms with Crippen LogP contribution in [0.2, 0.25) is 0 Å². The van der Waals surface area contributed by atoms with E-state index in [0.717, 1.165) is 5.56 Å². The Morgan fingerprint density at radius 1 is 1.47 bits per heavy atom. The van der Waals surface area contributed by atoms with Crippen LogP contribution in [-0.2, 0) is 6.42 Å². The molecule has 15 heavy (non-hydrogen) atoms. The van der Waals surface area contributed by atoms with Gasteiger partial charge in [-0.1, -0.05) is 12.1 Å². The number of nitrogens with zero attached hydrogens (tertiary/aromatic N) is 1. The van der Waals surface area contributed by atoms with Crippen molar-refractivity contribution in [2.75, 3.05) is 6.54 Å². The summed E-state index contributed by atoms with van der Waals surface area (Å²) < 4.78 is 12.5. The summed E-state index contributed by atoms with van der Waals surface area (Å²) in [6.45, 7) is 3.64. The van der Waals surface area contributed by atoms with Crippen LogP contribution in [0.1, 0.15) is 5.56 Å². The van der Waals surface area contributed by atoms with Crippen LogP contribution >= 0.6 is 0 Å². The molecule has 0 aromatic heterocycles. The van der Waals surface area contributed by atoms with E-state index in [2.05, 4.69) is 11.9 Å². The van der Waals surface area contributed by atoms with Gasteiger partial charge in [-0.25, -0.2) is 4.39 Å². The number of nitro groups is 1. The van der Waals surface area contributed by atoms with Gasteiger partial charge in [0.2, 0.25) is 0 Å². The van der Waals surface area contributed by atoms with Crippen molar-refractivity contribution in [1.82, 2.24) is 5.32 Å². The highest BCUT2D eigenvalue weighted by molar-refractivity contribution is 5.16. The van der Waals surface area contributed by atoms with E-state index in [9.17, 15) is 14.5 Å². The molecule has 0 spiro atoms. The van der Waals surface area contributed by atoms with Gasteiger partial charge in [0.15, 0.2) is 0 Å². The Bertz CT molecular complexity index is 362. The van der Waals surface area contributed by atoms with Crippen LogP contribution in [0, 0.1) is 15.9 Å². The SMILES string of the molecule is C=C(NCCc1ccc(F)cc1)[N+](=O)[O-]. The van der Waals surface area contributed by atoms with Gasteiger partial charge in [-0.3, -0.25) is 5.32 Å². The molecule has 4 nitrogen and oxygen atoms in total. The maximum atomic E-state index is 12.5. The van der Waals surface area contributed by atoms with Crippen LogP contribution in [0.5, 0.6) is 0 Å². The Labute approximate surface area is 86.6 Å². The fourth-order valence-corrected chi connectivity index (χ4v) is 1.07. The molecule has 0 unspecified atom stereocenters. The molecule has 0 aliphatic rings. The van der Waals surface area contributed by atoms with Crippen molar-refractivity contribution in [1.29, 1.82) is 0 Å². The molecule has 0 aliphatic heterocycles. The van der Waals surface area contributed by atoms with Crippen LogP contribution in [0.4, 0.5) is 4.39 Å². The molecule has 0 atom stereocenters. The lowest BCUT2D eigenvalue weighted by Gasteiger charge is -2.02. The summed E-state index contributed by atoms with van der Waals surface area (Å²) >= 11 is 0. The molecule has 0 saturated heterocycles. The minimum absolute atomic E-state index is 0.225. The molecular formula is C10H11FN2O2. The van der Waals surface area contributed by atoms with Crippen molar-refractivity contribution in [3.05, 3.63) is 58.2 Å². The second-order valence-corrected chi connectivity index (χ2v) is 3.01. The molecule has 0 aliphatic carbocycles. The smallest absolute Gasteiger partial charge is 0.308 e. The highest BCUT2D eigenvalue weighted by Gasteiger charge is 2.02. The first-order valence-electron chi connectivity index (χ1n) is 4.41. The third kappa shape index (κ3) is 3.76. The predicted molar refractivity (Wildman–Crippen MR) is 54.2 cm³/mol. The van der Waals surface area contributed by atoms with E-state index in [-0.39, 0.29) is 11.6 Å². The molecule has 0 saturated carbocycles. The minimum atomic E-state index is -0.579. The minimum Gasteiger partial charge on any atom is -0.358 e. The van der Waals surface area contributed by atoms with Gasteiger partial charge in [0.1, 0.15) is 5.82 Å².